The van der Waals surface area contributed by atoms with Gasteiger partial charge in [-0.05, 0) is 82.8 Å². The molecule has 0 aromatic heterocycles. The lowest BCUT2D eigenvalue weighted by Crippen LogP contribution is -2.11. The van der Waals surface area contributed by atoms with Crippen LogP contribution >= 0.6 is 0 Å². The molecule has 0 atom stereocenters. The summed E-state index contributed by atoms with van der Waals surface area (Å²) in [5.41, 5.74) is 5.48. The zero-order valence-electron chi connectivity index (χ0n) is 18.6. The number of methoxy groups -OCH3 is 2. The minimum Gasteiger partial charge on any atom is -0.502 e. The molecular formula is C27H24FNO4. The van der Waals surface area contributed by atoms with Gasteiger partial charge < -0.3 is 19.9 Å². The maximum Gasteiger partial charge on any atom is 0.228 e. The van der Waals surface area contributed by atoms with E-state index in [-0.39, 0.29) is 35.4 Å². The number of aromatic hydroxyl groups is 1. The fourth-order valence-corrected chi connectivity index (χ4v) is 4.03. The van der Waals surface area contributed by atoms with Gasteiger partial charge in [-0.15, -0.1) is 0 Å². The molecule has 0 aliphatic heterocycles. The molecular weight excluding hydrogens is 421 g/mol. The van der Waals surface area contributed by atoms with Crippen LogP contribution in [0.3, 0.4) is 0 Å². The number of allylic oxidation sites excluding steroid dienone is 2. The number of phenolic OH excluding ortho intramolecular Hbond substituents is 1. The summed E-state index contributed by atoms with van der Waals surface area (Å²) in [6.45, 7) is 1.92. The summed E-state index contributed by atoms with van der Waals surface area (Å²) in [4.78, 5) is 12.8. The predicted octanol–water partition coefficient (Wildman–Crippen LogP) is 5.91. The molecule has 0 heterocycles. The number of anilines is 1. The molecule has 3 aromatic carbocycles. The molecule has 168 valence electrons. The van der Waals surface area contributed by atoms with Crippen molar-refractivity contribution >= 4 is 28.8 Å². The molecule has 4 rings (SSSR count). The van der Waals surface area contributed by atoms with Crippen LogP contribution < -0.4 is 14.8 Å². The van der Waals surface area contributed by atoms with Gasteiger partial charge in [0.25, 0.3) is 0 Å². The lowest BCUT2D eigenvalue weighted by atomic mass is 10.00. The Morgan fingerprint density at radius 3 is 2.30 bits per heavy atom. The van der Waals surface area contributed by atoms with E-state index in [1.807, 2.05) is 43.3 Å². The van der Waals surface area contributed by atoms with Crippen molar-refractivity contribution < 1.29 is 23.8 Å². The number of ether oxygens (including phenoxy) is 2. The molecule has 5 nitrogen and oxygen atoms in total. The van der Waals surface area contributed by atoms with E-state index in [9.17, 15) is 14.3 Å². The van der Waals surface area contributed by atoms with Gasteiger partial charge in [-0.1, -0.05) is 24.3 Å². The second-order valence-electron chi connectivity index (χ2n) is 7.72. The Kier molecular flexibility index (Phi) is 6.18. The monoisotopic (exact) mass is 445 g/mol. The lowest BCUT2D eigenvalue weighted by Gasteiger charge is -2.11. The first kappa shape index (κ1) is 22.1. The number of benzene rings is 3. The van der Waals surface area contributed by atoms with Crippen molar-refractivity contribution in [3.63, 3.8) is 0 Å². The summed E-state index contributed by atoms with van der Waals surface area (Å²) >= 11 is 0. The highest BCUT2D eigenvalue weighted by atomic mass is 19.1. The Hall–Kier alpha value is -4.06. The van der Waals surface area contributed by atoms with Crippen molar-refractivity contribution in [2.75, 3.05) is 19.5 Å². The van der Waals surface area contributed by atoms with Crippen LogP contribution in [0.4, 0.5) is 10.1 Å². The molecule has 6 heteroatoms. The number of phenols is 1. The Morgan fingerprint density at radius 2 is 1.67 bits per heavy atom. The van der Waals surface area contributed by atoms with Crippen LogP contribution in [0.2, 0.25) is 0 Å². The molecule has 3 aromatic rings. The molecule has 33 heavy (non-hydrogen) atoms. The zero-order chi connectivity index (χ0) is 23.5. The zero-order valence-corrected chi connectivity index (χ0v) is 18.6. The van der Waals surface area contributed by atoms with Crippen LogP contribution in [0.5, 0.6) is 17.2 Å². The number of carbonyl (C=O) groups is 1. The molecule has 0 radical (unpaired) electrons. The maximum atomic E-state index is 14.1. The molecule has 0 bridgehead atoms. The molecule has 2 N–H and O–H groups in total. The average Bonchev–Trinajstić information content (AvgIpc) is 3.05. The van der Waals surface area contributed by atoms with E-state index in [2.05, 4.69) is 5.32 Å². The molecule has 1 aliphatic carbocycles. The van der Waals surface area contributed by atoms with E-state index in [1.54, 1.807) is 18.2 Å². The highest BCUT2D eigenvalue weighted by Crippen LogP contribution is 2.45. The number of hydrogen-bond acceptors (Lipinski definition) is 4. The van der Waals surface area contributed by atoms with Gasteiger partial charge in [-0.2, -0.15) is 0 Å². The highest BCUT2D eigenvalue weighted by Gasteiger charge is 2.26. The summed E-state index contributed by atoms with van der Waals surface area (Å²) in [6.07, 6.45) is 2.02. The summed E-state index contributed by atoms with van der Waals surface area (Å²) in [5, 5.41) is 13.1. The fraction of sp³-hybridized carbons (Fsp3) is 0.148. The van der Waals surface area contributed by atoms with Crippen LogP contribution in [-0.2, 0) is 4.79 Å². The second-order valence-corrected chi connectivity index (χ2v) is 7.72. The third-order valence-corrected chi connectivity index (χ3v) is 5.66. The average molecular weight is 445 g/mol. The van der Waals surface area contributed by atoms with Crippen molar-refractivity contribution in [1.29, 1.82) is 0 Å². The number of rotatable bonds is 6. The normalized spacial score (nSPS) is 13.8. The summed E-state index contributed by atoms with van der Waals surface area (Å²) in [5.74, 6) is -0.0662. The maximum absolute atomic E-state index is 14.1. The van der Waals surface area contributed by atoms with Crippen molar-refractivity contribution in [3.8, 4) is 17.2 Å². The van der Waals surface area contributed by atoms with Gasteiger partial charge in [0.1, 0.15) is 5.82 Å². The van der Waals surface area contributed by atoms with Crippen molar-refractivity contribution in [2.45, 2.75) is 13.3 Å². The molecule has 1 aliphatic rings. The van der Waals surface area contributed by atoms with Crippen LogP contribution in [0.15, 0.2) is 66.2 Å². The number of hydrogen-bond donors (Lipinski definition) is 2. The van der Waals surface area contributed by atoms with Gasteiger partial charge >= 0.3 is 0 Å². The van der Waals surface area contributed by atoms with Crippen molar-refractivity contribution in [2.24, 2.45) is 0 Å². The van der Waals surface area contributed by atoms with Gasteiger partial charge in [-0.3, -0.25) is 4.79 Å². The summed E-state index contributed by atoms with van der Waals surface area (Å²) < 4.78 is 24.7. The van der Waals surface area contributed by atoms with E-state index in [1.165, 1.54) is 26.4 Å². The van der Waals surface area contributed by atoms with Gasteiger partial charge in [0.2, 0.25) is 11.7 Å². The number of amides is 1. The van der Waals surface area contributed by atoms with Crippen molar-refractivity contribution in [3.05, 3.63) is 88.7 Å². The highest BCUT2D eigenvalue weighted by molar-refractivity contribution is 6.10. The minimum absolute atomic E-state index is 0.0819. The smallest absolute Gasteiger partial charge is 0.228 e. The first-order valence-electron chi connectivity index (χ1n) is 10.4. The molecule has 0 unspecified atom stereocenters. The Balaban J connectivity index is 1.75. The van der Waals surface area contributed by atoms with Gasteiger partial charge in [0, 0.05) is 5.69 Å². The summed E-state index contributed by atoms with van der Waals surface area (Å²) in [6, 6.07) is 17.2. The van der Waals surface area contributed by atoms with Crippen LogP contribution in [0.1, 0.15) is 30.0 Å². The van der Waals surface area contributed by atoms with Crippen molar-refractivity contribution in [1.82, 2.24) is 0 Å². The standard InChI is InChI=1S/C27H24FNO4/c1-16-21(11-17-12-24(32-2)27(31)25(13-17)33-3)20-10-9-18(28)14-23(20)22(16)15-26(30)29-19-7-5-4-6-8-19/h4-14,31H,15H2,1-3H3,(H,29,30)/b21-11-. The first-order valence-corrected chi connectivity index (χ1v) is 10.4. The topological polar surface area (TPSA) is 67.8 Å². The number of para-hydroxylation sites is 1. The number of nitrogens with one attached hydrogen (secondary N) is 1. The minimum atomic E-state index is -0.364. The van der Waals surface area contributed by atoms with E-state index in [0.29, 0.717) is 11.3 Å². The quantitative estimate of drug-likeness (QED) is 0.495. The molecule has 1 amide bonds. The van der Waals surface area contributed by atoms with Gasteiger partial charge in [0.05, 0.1) is 20.6 Å². The Bertz CT molecular complexity index is 1250. The lowest BCUT2D eigenvalue weighted by molar-refractivity contribution is -0.115. The SMILES string of the molecule is COc1cc(/C=C2/C(C)=C(CC(=O)Nc3ccccc3)c3cc(F)ccc32)cc(OC)c1O. The number of halogens is 1. The first-order chi connectivity index (χ1) is 15.9. The predicted molar refractivity (Wildman–Crippen MR) is 128 cm³/mol. The third-order valence-electron chi connectivity index (χ3n) is 5.66. The third kappa shape index (κ3) is 4.46. The largest absolute Gasteiger partial charge is 0.502 e. The molecule has 0 spiro atoms. The van der Waals surface area contributed by atoms with E-state index < -0.39 is 0 Å². The van der Waals surface area contributed by atoms with E-state index in [0.717, 1.165) is 27.8 Å². The number of carbonyl (C=O) groups excluding carboxylic acids is 1. The summed E-state index contributed by atoms with van der Waals surface area (Å²) in [7, 11) is 2.93. The molecule has 0 saturated carbocycles. The van der Waals surface area contributed by atoms with E-state index in [4.69, 9.17) is 9.47 Å². The van der Waals surface area contributed by atoms with Gasteiger partial charge in [0.15, 0.2) is 11.5 Å². The van der Waals surface area contributed by atoms with Crippen LogP contribution in [-0.4, -0.2) is 25.2 Å². The fourth-order valence-electron chi connectivity index (χ4n) is 4.03. The van der Waals surface area contributed by atoms with E-state index >= 15 is 0 Å². The van der Waals surface area contributed by atoms with Crippen LogP contribution in [0, 0.1) is 5.82 Å². The number of fused-ring (bicyclic) bond motifs is 1. The molecule has 0 fully saturated rings. The molecule has 0 saturated heterocycles. The Labute approximate surface area is 191 Å². The Morgan fingerprint density at radius 1 is 1.00 bits per heavy atom. The second kappa shape index (κ2) is 9.20. The van der Waals surface area contributed by atoms with Crippen LogP contribution in [0.25, 0.3) is 17.2 Å². The van der Waals surface area contributed by atoms with Gasteiger partial charge in [-0.25, -0.2) is 4.39 Å².